The summed E-state index contributed by atoms with van der Waals surface area (Å²) in [5, 5.41) is 1.05. The summed E-state index contributed by atoms with van der Waals surface area (Å²) in [7, 11) is 1.69. The van der Waals surface area contributed by atoms with Gasteiger partial charge in [-0.05, 0) is 73.3 Å². The number of piperidine rings is 1. The molecule has 5 rings (SSSR count). The monoisotopic (exact) mass is 387 g/mol. The number of furan rings is 2. The molecule has 2 aromatic heterocycles. The Labute approximate surface area is 170 Å². The average molecular weight is 387 g/mol. The Morgan fingerprint density at radius 3 is 2.52 bits per heavy atom. The molecule has 0 N–H and O–H groups in total. The largest absolute Gasteiger partial charge is 0.493 e. The first-order chi connectivity index (χ1) is 14.3. The summed E-state index contributed by atoms with van der Waals surface area (Å²) < 4.78 is 17.1. The van der Waals surface area contributed by atoms with E-state index in [-0.39, 0.29) is 0 Å². The number of nitrogens with zero attached hydrogens (tertiary/aromatic N) is 1. The normalized spacial score (nSPS) is 15.8. The Hall–Kier alpha value is -2.98. The van der Waals surface area contributed by atoms with E-state index in [9.17, 15) is 0 Å². The van der Waals surface area contributed by atoms with Crippen LogP contribution in [-0.4, -0.2) is 25.1 Å². The molecule has 3 heterocycles. The van der Waals surface area contributed by atoms with Crippen molar-refractivity contribution < 1.29 is 13.6 Å². The molecule has 1 aliphatic rings. The third-order valence-electron chi connectivity index (χ3n) is 5.89. The van der Waals surface area contributed by atoms with Crippen LogP contribution in [0.15, 0.2) is 75.8 Å². The molecule has 2 aromatic carbocycles. The lowest BCUT2D eigenvalue weighted by atomic mass is 9.89. The molecule has 0 saturated carbocycles. The van der Waals surface area contributed by atoms with Gasteiger partial charge in [0, 0.05) is 11.9 Å². The lowest BCUT2D eigenvalue weighted by Crippen LogP contribution is -2.32. The molecule has 1 saturated heterocycles. The molecule has 4 nitrogen and oxygen atoms in total. The van der Waals surface area contributed by atoms with Crippen molar-refractivity contribution in [2.24, 2.45) is 0 Å². The molecular formula is C25H25NO3. The van der Waals surface area contributed by atoms with E-state index in [4.69, 9.17) is 13.6 Å². The smallest absolute Gasteiger partial charge is 0.176 e. The van der Waals surface area contributed by atoms with E-state index < -0.39 is 0 Å². The molecule has 0 aliphatic carbocycles. The zero-order valence-corrected chi connectivity index (χ0v) is 16.6. The summed E-state index contributed by atoms with van der Waals surface area (Å²) in [5.41, 5.74) is 3.49. The number of methoxy groups -OCH3 is 1. The molecule has 0 spiro atoms. The standard InChI is InChI=1S/C25H25NO3/c1-27-24-15-18(14-21-16-23(29-25(21)24)22-8-5-13-28-22)17-26-11-9-20(10-12-26)19-6-3-2-4-7-19/h2-8,13-16,20H,9-12,17H2,1H3. The van der Waals surface area contributed by atoms with Gasteiger partial charge in [-0.3, -0.25) is 4.90 Å². The number of fused-ring (bicyclic) bond motifs is 1. The molecule has 1 aliphatic heterocycles. The first kappa shape index (κ1) is 18.1. The molecule has 4 aromatic rings. The summed E-state index contributed by atoms with van der Waals surface area (Å²) in [6.45, 7) is 3.15. The van der Waals surface area contributed by atoms with Crippen molar-refractivity contribution in [3.63, 3.8) is 0 Å². The van der Waals surface area contributed by atoms with Crippen LogP contribution in [-0.2, 0) is 6.54 Å². The molecule has 29 heavy (non-hydrogen) atoms. The van der Waals surface area contributed by atoms with Crippen LogP contribution >= 0.6 is 0 Å². The van der Waals surface area contributed by atoms with Gasteiger partial charge in [0.25, 0.3) is 0 Å². The topological polar surface area (TPSA) is 38.8 Å². The molecule has 4 heteroatoms. The number of ether oxygens (including phenoxy) is 1. The van der Waals surface area contributed by atoms with Gasteiger partial charge in [-0.1, -0.05) is 30.3 Å². The lowest BCUT2D eigenvalue weighted by molar-refractivity contribution is 0.204. The summed E-state index contributed by atoms with van der Waals surface area (Å²) >= 11 is 0. The van der Waals surface area contributed by atoms with Crippen LogP contribution < -0.4 is 4.74 Å². The van der Waals surface area contributed by atoms with E-state index in [1.807, 2.05) is 18.2 Å². The van der Waals surface area contributed by atoms with Gasteiger partial charge >= 0.3 is 0 Å². The van der Waals surface area contributed by atoms with E-state index in [1.165, 1.54) is 24.0 Å². The number of rotatable bonds is 5. The Morgan fingerprint density at radius 1 is 0.966 bits per heavy atom. The maximum absolute atomic E-state index is 6.01. The molecule has 0 unspecified atom stereocenters. The quantitative estimate of drug-likeness (QED) is 0.416. The van der Waals surface area contributed by atoms with Gasteiger partial charge in [0.1, 0.15) is 0 Å². The van der Waals surface area contributed by atoms with Crippen molar-refractivity contribution in [2.75, 3.05) is 20.2 Å². The van der Waals surface area contributed by atoms with Gasteiger partial charge < -0.3 is 13.6 Å². The van der Waals surface area contributed by atoms with Crippen LogP contribution in [0.3, 0.4) is 0 Å². The fourth-order valence-electron chi connectivity index (χ4n) is 4.37. The van der Waals surface area contributed by atoms with Crippen LogP contribution in [0.5, 0.6) is 5.75 Å². The zero-order chi connectivity index (χ0) is 19.6. The van der Waals surface area contributed by atoms with Crippen molar-refractivity contribution in [1.82, 2.24) is 4.90 Å². The third-order valence-corrected chi connectivity index (χ3v) is 5.89. The zero-order valence-electron chi connectivity index (χ0n) is 16.6. The summed E-state index contributed by atoms with van der Waals surface area (Å²) in [4.78, 5) is 2.54. The molecule has 0 atom stereocenters. The Bertz CT molecular complexity index is 1070. The van der Waals surface area contributed by atoms with Crippen LogP contribution in [0.4, 0.5) is 0 Å². The first-order valence-electron chi connectivity index (χ1n) is 10.2. The van der Waals surface area contributed by atoms with E-state index in [1.54, 1.807) is 13.4 Å². The Balaban J connectivity index is 1.33. The van der Waals surface area contributed by atoms with Gasteiger partial charge in [-0.25, -0.2) is 0 Å². The van der Waals surface area contributed by atoms with Crippen molar-refractivity contribution in [2.45, 2.75) is 25.3 Å². The van der Waals surface area contributed by atoms with Gasteiger partial charge in [0.2, 0.25) is 0 Å². The maximum atomic E-state index is 6.01. The maximum Gasteiger partial charge on any atom is 0.176 e. The minimum Gasteiger partial charge on any atom is -0.493 e. The summed E-state index contributed by atoms with van der Waals surface area (Å²) in [5.74, 6) is 2.90. The van der Waals surface area contributed by atoms with Gasteiger partial charge in [0.15, 0.2) is 22.9 Å². The number of likely N-dealkylation sites (tertiary alicyclic amines) is 1. The molecule has 0 radical (unpaired) electrons. The SMILES string of the molecule is COc1cc(CN2CCC(c3ccccc3)CC2)cc2cc(-c3ccco3)oc12. The fourth-order valence-corrected chi connectivity index (χ4v) is 4.37. The van der Waals surface area contributed by atoms with E-state index in [2.05, 4.69) is 47.4 Å². The van der Waals surface area contributed by atoms with Crippen LogP contribution in [0.1, 0.15) is 29.9 Å². The molecular weight excluding hydrogens is 362 g/mol. The highest BCUT2D eigenvalue weighted by Gasteiger charge is 2.21. The average Bonchev–Trinajstić information content (AvgIpc) is 3.44. The number of hydrogen-bond acceptors (Lipinski definition) is 4. The fraction of sp³-hybridized carbons (Fsp3) is 0.280. The van der Waals surface area contributed by atoms with Gasteiger partial charge in [-0.2, -0.15) is 0 Å². The summed E-state index contributed by atoms with van der Waals surface area (Å²) in [6.07, 6.45) is 4.07. The second-order valence-corrected chi connectivity index (χ2v) is 7.77. The number of hydrogen-bond donors (Lipinski definition) is 0. The molecule has 148 valence electrons. The molecule has 0 bridgehead atoms. The third kappa shape index (κ3) is 3.68. The molecule has 1 fully saturated rings. The van der Waals surface area contributed by atoms with Crippen molar-refractivity contribution >= 4 is 11.0 Å². The van der Waals surface area contributed by atoms with Crippen LogP contribution in [0, 0.1) is 0 Å². The van der Waals surface area contributed by atoms with Crippen molar-refractivity contribution in [1.29, 1.82) is 0 Å². The van der Waals surface area contributed by atoms with Crippen molar-refractivity contribution in [3.05, 3.63) is 78.1 Å². The predicted octanol–water partition coefficient (Wildman–Crippen LogP) is 6.08. The second kappa shape index (κ2) is 7.80. The highest BCUT2D eigenvalue weighted by atomic mass is 16.5. The van der Waals surface area contributed by atoms with E-state index in [0.717, 1.165) is 47.9 Å². The van der Waals surface area contributed by atoms with E-state index in [0.29, 0.717) is 5.92 Å². The highest BCUT2D eigenvalue weighted by Crippen LogP contribution is 2.35. The second-order valence-electron chi connectivity index (χ2n) is 7.77. The Morgan fingerprint density at radius 2 is 1.79 bits per heavy atom. The van der Waals surface area contributed by atoms with Gasteiger partial charge in [-0.15, -0.1) is 0 Å². The first-order valence-corrected chi connectivity index (χ1v) is 10.2. The van der Waals surface area contributed by atoms with Gasteiger partial charge in [0.05, 0.1) is 13.4 Å². The van der Waals surface area contributed by atoms with Crippen molar-refractivity contribution in [3.8, 4) is 17.3 Å². The lowest BCUT2D eigenvalue weighted by Gasteiger charge is -2.32. The minimum atomic E-state index is 0.675. The minimum absolute atomic E-state index is 0.675. The Kier molecular flexibility index (Phi) is 4.86. The predicted molar refractivity (Wildman–Crippen MR) is 114 cm³/mol. The summed E-state index contributed by atoms with van der Waals surface area (Å²) in [6, 6.07) is 21.0. The van der Waals surface area contributed by atoms with E-state index >= 15 is 0 Å². The van der Waals surface area contributed by atoms with Crippen LogP contribution in [0.2, 0.25) is 0 Å². The highest BCUT2D eigenvalue weighted by molar-refractivity contribution is 5.87. The number of benzene rings is 2. The molecule has 0 amide bonds. The van der Waals surface area contributed by atoms with Crippen LogP contribution in [0.25, 0.3) is 22.5 Å².